The first-order chi connectivity index (χ1) is 9.10. The summed E-state index contributed by atoms with van der Waals surface area (Å²) in [6.07, 6.45) is 2.74. The van der Waals surface area contributed by atoms with Crippen molar-refractivity contribution in [1.29, 1.82) is 0 Å². The number of aromatic nitrogens is 2. The van der Waals surface area contributed by atoms with E-state index in [0.717, 1.165) is 36.5 Å². The summed E-state index contributed by atoms with van der Waals surface area (Å²) in [5.41, 5.74) is 7.58. The Kier molecular flexibility index (Phi) is 6.77. The van der Waals surface area contributed by atoms with Crippen LogP contribution < -0.4 is 11.1 Å². The van der Waals surface area contributed by atoms with Crippen molar-refractivity contribution >= 4 is 23.4 Å². The van der Waals surface area contributed by atoms with Crippen molar-refractivity contribution in [1.82, 2.24) is 15.5 Å². The number of nitrogen functional groups attached to an aromatic ring is 1. The molecule has 108 valence electrons. The first-order valence-corrected chi connectivity index (χ1v) is 7.96. The highest BCUT2D eigenvalue weighted by molar-refractivity contribution is 7.99. The number of carbonyl (C=O) groups is 1. The first-order valence-electron chi connectivity index (χ1n) is 6.81. The molecule has 1 heterocycles. The molecule has 1 unspecified atom stereocenters. The van der Waals surface area contributed by atoms with Gasteiger partial charge in [-0.1, -0.05) is 20.3 Å². The predicted octanol–water partition coefficient (Wildman–Crippen LogP) is 2.21. The van der Waals surface area contributed by atoms with Crippen molar-refractivity contribution in [3.63, 3.8) is 0 Å². The van der Waals surface area contributed by atoms with Crippen LogP contribution in [0, 0.1) is 0 Å². The number of nitrogens with zero attached hydrogens (tertiary/aromatic N) is 1. The Morgan fingerprint density at radius 3 is 2.89 bits per heavy atom. The van der Waals surface area contributed by atoms with E-state index in [1.165, 1.54) is 0 Å². The maximum atomic E-state index is 12.0. The third-order valence-corrected chi connectivity index (χ3v) is 3.81. The smallest absolute Gasteiger partial charge is 0.274 e. The van der Waals surface area contributed by atoms with E-state index in [4.69, 9.17) is 5.73 Å². The monoisotopic (exact) mass is 284 g/mol. The average Bonchev–Trinajstić information content (AvgIpc) is 2.72. The summed E-state index contributed by atoms with van der Waals surface area (Å²) in [4.78, 5) is 12.0. The van der Waals surface area contributed by atoms with Crippen LogP contribution >= 0.6 is 11.8 Å². The minimum Gasteiger partial charge on any atom is -0.395 e. The predicted molar refractivity (Wildman–Crippen MR) is 81.5 cm³/mol. The number of amides is 1. The van der Waals surface area contributed by atoms with Gasteiger partial charge in [-0.25, -0.2) is 0 Å². The van der Waals surface area contributed by atoms with E-state index in [9.17, 15) is 4.79 Å². The van der Waals surface area contributed by atoms with Crippen LogP contribution in [0.1, 0.15) is 49.8 Å². The number of aromatic amines is 1. The minimum absolute atomic E-state index is 0.136. The van der Waals surface area contributed by atoms with Crippen molar-refractivity contribution in [3.05, 3.63) is 11.4 Å². The number of carbonyl (C=O) groups excluding carboxylic acids is 1. The van der Waals surface area contributed by atoms with Crippen LogP contribution in [0.2, 0.25) is 0 Å². The maximum absolute atomic E-state index is 12.0. The second-order valence-corrected chi connectivity index (χ2v) is 5.97. The lowest BCUT2D eigenvalue weighted by Gasteiger charge is -2.12. The fraction of sp³-hybridized carbons (Fsp3) is 0.692. The lowest BCUT2D eigenvalue weighted by molar-refractivity contribution is 0.0935. The van der Waals surface area contributed by atoms with Crippen LogP contribution in [0.25, 0.3) is 0 Å². The topological polar surface area (TPSA) is 83.8 Å². The number of hydrogen-bond acceptors (Lipinski definition) is 4. The molecule has 0 aliphatic heterocycles. The Morgan fingerprint density at radius 1 is 1.53 bits per heavy atom. The summed E-state index contributed by atoms with van der Waals surface area (Å²) >= 11 is 1.88. The largest absolute Gasteiger partial charge is 0.395 e. The normalized spacial score (nSPS) is 12.4. The highest BCUT2D eigenvalue weighted by Gasteiger charge is 2.18. The third kappa shape index (κ3) is 4.78. The molecule has 1 atom stereocenters. The summed E-state index contributed by atoms with van der Waals surface area (Å²) in [6, 6.07) is 0.136. The standard InChI is InChI=1S/C13H24N4OS/c1-4-6-10-11(14)12(17-16-10)13(18)15-9(3)7-8-19-5-2/h9H,4-8,14H2,1-3H3,(H,15,18)(H,16,17). The van der Waals surface area contributed by atoms with Gasteiger partial charge in [-0.3, -0.25) is 9.89 Å². The van der Waals surface area contributed by atoms with Crippen molar-refractivity contribution < 1.29 is 4.79 Å². The molecule has 0 spiro atoms. The van der Waals surface area contributed by atoms with Crippen LogP contribution in [0.5, 0.6) is 0 Å². The Balaban J connectivity index is 2.53. The molecule has 0 fully saturated rings. The molecule has 0 radical (unpaired) electrons. The molecule has 0 saturated carbocycles. The van der Waals surface area contributed by atoms with Crippen molar-refractivity contribution in [3.8, 4) is 0 Å². The maximum Gasteiger partial charge on any atom is 0.274 e. The highest BCUT2D eigenvalue weighted by atomic mass is 32.2. The molecule has 1 aromatic heterocycles. The SMILES string of the molecule is CCCc1[nH]nc(C(=O)NC(C)CCSCC)c1N. The molecular weight excluding hydrogens is 260 g/mol. The number of H-pyrrole nitrogens is 1. The van der Waals surface area contributed by atoms with Crippen LogP contribution in [0.15, 0.2) is 0 Å². The lowest BCUT2D eigenvalue weighted by atomic mass is 10.2. The minimum atomic E-state index is -0.190. The number of nitrogens with two attached hydrogens (primary N) is 1. The van der Waals surface area contributed by atoms with Gasteiger partial charge in [0.25, 0.3) is 5.91 Å². The molecule has 5 nitrogen and oxygen atoms in total. The Bertz CT molecular complexity index is 405. The molecule has 0 aliphatic carbocycles. The van der Waals surface area contributed by atoms with E-state index in [2.05, 4.69) is 29.4 Å². The van der Waals surface area contributed by atoms with Crippen molar-refractivity contribution in [2.75, 3.05) is 17.2 Å². The van der Waals surface area contributed by atoms with Gasteiger partial charge in [0.05, 0.1) is 11.4 Å². The summed E-state index contributed by atoms with van der Waals surface area (Å²) in [6.45, 7) is 6.20. The zero-order valence-corrected chi connectivity index (χ0v) is 12.8. The van der Waals surface area contributed by atoms with E-state index in [1.807, 2.05) is 18.7 Å². The number of thioether (sulfide) groups is 1. The van der Waals surface area contributed by atoms with E-state index >= 15 is 0 Å². The van der Waals surface area contributed by atoms with Crippen LogP contribution in [-0.4, -0.2) is 33.7 Å². The lowest BCUT2D eigenvalue weighted by Crippen LogP contribution is -2.33. The van der Waals surface area contributed by atoms with Gasteiger partial charge in [0.2, 0.25) is 0 Å². The molecule has 0 aliphatic rings. The summed E-state index contributed by atoms with van der Waals surface area (Å²) < 4.78 is 0. The van der Waals surface area contributed by atoms with Crippen LogP contribution in [-0.2, 0) is 6.42 Å². The molecule has 1 amide bonds. The molecule has 0 saturated heterocycles. The summed E-state index contributed by atoms with van der Waals surface area (Å²) in [7, 11) is 0. The second kappa shape index (κ2) is 8.09. The summed E-state index contributed by atoms with van der Waals surface area (Å²) in [5, 5.41) is 9.79. The average molecular weight is 284 g/mol. The van der Waals surface area contributed by atoms with Gasteiger partial charge in [-0.15, -0.1) is 0 Å². The molecule has 4 N–H and O–H groups in total. The zero-order valence-electron chi connectivity index (χ0n) is 12.0. The first kappa shape index (κ1) is 15.9. The quantitative estimate of drug-likeness (QED) is 0.639. The molecule has 0 aromatic carbocycles. The molecule has 6 heteroatoms. The molecule has 1 aromatic rings. The van der Waals surface area contributed by atoms with Crippen LogP contribution in [0.3, 0.4) is 0 Å². The van der Waals surface area contributed by atoms with Gasteiger partial charge in [-0.2, -0.15) is 16.9 Å². The van der Waals surface area contributed by atoms with E-state index in [-0.39, 0.29) is 11.9 Å². The van der Waals surface area contributed by atoms with Crippen LogP contribution in [0.4, 0.5) is 5.69 Å². The number of rotatable bonds is 8. The number of hydrogen-bond donors (Lipinski definition) is 3. The summed E-state index contributed by atoms with van der Waals surface area (Å²) in [5.74, 6) is 1.97. The van der Waals surface area contributed by atoms with Gasteiger partial charge < -0.3 is 11.1 Å². The number of aryl methyl sites for hydroxylation is 1. The van der Waals surface area contributed by atoms with Gasteiger partial charge in [0.15, 0.2) is 5.69 Å². The molecule has 0 bridgehead atoms. The van der Waals surface area contributed by atoms with E-state index in [0.29, 0.717) is 11.4 Å². The Morgan fingerprint density at radius 2 is 2.26 bits per heavy atom. The van der Waals surface area contributed by atoms with E-state index < -0.39 is 0 Å². The molecule has 1 rings (SSSR count). The second-order valence-electron chi connectivity index (χ2n) is 4.57. The fourth-order valence-corrected chi connectivity index (χ4v) is 2.58. The van der Waals surface area contributed by atoms with Crippen molar-refractivity contribution in [2.24, 2.45) is 0 Å². The fourth-order valence-electron chi connectivity index (χ4n) is 1.77. The van der Waals surface area contributed by atoms with Crippen molar-refractivity contribution in [2.45, 2.75) is 46.1 Å². The molecular formula is C13H24N4OS. The highest BCUT2D eigenvalue weighted by Crippen LogP contribution is 2.15. The van der Waals surface area contributed by atoms with E-state index in [1.54, 1.807) is 0 Å². The Labute approximate surface area is 119 Å². The third-order valence-electron chi connectivity index (χ3n) is 2.87. The van der Waals surface area contributed by atoms with Gasteiger partial charge in [-0.05, 0) is 31.3 Å². The van der Waals surface area contributed by atoms with Gasteiger partial charge in [0, 0.05) is 6.04 Å². The molecule has 19 heavy (non-hydrogen) atoms. The Hall–Kier alpha value is -1.17. The number of anilines is 1. The zero-order chi connectivity index (χ0) is 14.3. The van der Waals surface area contributed by atoms with Gasteiger partial charge in [0.1, 0.15) is 0 Å². The van der Waals surface area contributed by atoms with Gasteiger partial charge >= 0.3 is 0 Å². The number of nitrogens with one attached hydrogen (secondary N) is 2.